The van der Waals surface area contributed by atoms with Crippen molar-refractivity contribution in [3.05, 3.63) is 58.7 Å². The van der Waals surface area contributed by atoms with Crippen LogP contribution < -0.4 is 4.74 Å². The minimum Gasteiger partial charge on any atom is -0.457 e. The second kappa shape index (κ2) is 10.9. The first-order chi connectivity index (χ1) is 14.6. The molecule has 2 aromatic carbocycles. The summed E-state index contributed by atoms with van der Waals surface area (Å²) >= 11 is 0. The second-order valence-electron chi connectivity index (χ2n) is 7.65. The zero-order chi connectivity index (χ0) is 23.1. The van der Waals surface area contributed by atoms with Gasteiger partial charge in [0.2, 0.25) is 0 Å². The standard InChI is InChI=1S/C24H28F6O/c1-3-5-7-9-17-15-19(11-13-21(17)23(25,26)27)31-20-12-14-22(24(28,29)30)18(16-20)10-8-6-4-2/h11-16H,3-10H2,1-2H3. The van der Waals surface area contributed by atoms with Gasteiger partial charge >= 0.3 is 12.4 Å². The van der Waals surface area contributed by atoms with Crippen LogP contribution in [0.25, 0.3) is 0 Å². The van der Waals surface area contributed by atoms with Crippen molar-refractivity contribution in [1.82, 2.24) is 0 Å². The van der Waals surface area contributed by atoms with Crippen molar-refractivity contribution in [2.45, 2.75) is 77.6 Å². The number of unbranched alkanes of at least 4 members (excludes halogenated alkanes) is 4. The predicted molar refractivity (Wildman–Crippen MR) is 109 cm³/mol. The molecule has 172 valence electrons. The lowest BCUT2D eigenvalue weighted by Gasteiger charge is -2.17. The van der Waals surface area contributed by atoms with Crippen LogP contribution in [-0.4, -0.2) is 0 Å². The van der Waals surface area contributed by atoms with E-state index < -0.39 is 23.5 Å². The minimum atomic E-state index is -4.47. The number of hydrogen-bond donors (Lipinski definition) is 0. The molecule has 0 fully saturated rings. The van der Waals surface area contributed by atoms with Crippen LogP contribution in [0.2, 0.25) is 0 Å². The van der Waals surface area contributed by atoms with Gasteiger partial charge in [0.05, 0.1) is 11.1 Å². The van der Waals surface area contributed by atoms with E-state index >= 15 is 0 Å². The third kappa shape index (κ3) is 7.47. The molecule has 0 heterocycles. The van der Waals surface area contributed by atoms with Crippen LogP contribution in [-0.2, 0) is 25.2 Å². The van der Waals surface area contributed by atoms with Crippen molar-refractivity contribution in [1.29, 1.82) is 0 Å². The fourth-order valence-corrected chi connectivity index (χ4v) is 3.50. The summed E-state index contributed by atoms with van der Waals surface area (Å²) in [7, 11) is 0. The molecule has 2 aromatic rings. The van der Waals surface area contributed by atoms with Crippen molar-refractivity contribution in [3.8, 4) is 11.5 Å². The van der Waals surface area contributed by atoms with Gasteiger partial charge in [0, 0.05) is 0 Å². The van der Waals surface area contributed by atoms with E-state index in [4.69, 9.17) is 4.74 Å². The normalized spacial score (nSPS) is 12.3. The molecule has 0 aliphatic carbocycles. The molecule has 0 spiro atoms. The minimum absolute atomic E-state index is 0.133. The predicted octanol–water partition coefficient (Wildman–Crippen LogP) is 8.98. The number of alkyl halides is 6. The van der Waals surface area contributed by atoms with Crippen molar-refractivity contribution >= 4 is 0 Å². The molecule has 0 aliphatic rings. The maximum absolute atomic E-state index is 13.3. The van der Waals surface area contributed by atoms with E-state index in [0.717, 1.165) is 37.8 Å². The van der Waals surface area contributed by atoms with Gasteiger partial charge in [-0.25, -0.2) is 0 Å². The number of halogens is 6. The lowest BCUT2D eigenvalue weighted by atomic mass is 10.00. The van der Waals surface area contributed by atoms with Crippen LogP contribution in [0.15, 0.2) is 36.4 Å². The zero-order valence-electron chi connectivity index (χ0n) is 17.8. The lowest BCUT2D eigenvalue weighted by Crippen LogP contribution is -2.10. The number of hydrogen-bond acceptors (Lipinski definition) is 1. The van der Waals surface area contributed by atoms with Crippen molar-refractivity contribution in [3.63, 3.8) is 0 Å². The Morgan fingerprint density at radius 1 is 0.613 bits per heavy atom. The van der Waals surface area contributed by atoms with Gasteiger partial charge in [0.25, 0.3) is 0 Å². The van der Waals surface area contributed by atoms with Gasteiger partial charge < -0.3 is 4.74 Å². The number of ether oxygens (including phenoxy) is 1. The lowest BCUT2D eigenvalue weighted by molar-refractivity contribution is -0.139. The molecule has 0 saturated heterocycles. The fraction of sp³-hybridized carbons (Fsp3) is 0.500. The number of aryl methyl sites for hydroxylation is 2. The zero-order valence-corrected chi connectivity index (χ0v) is 17.8. The Morgan fingerprint density at radius 2 is 1.00 bits per heavy atom. The SMILES string of the molecule is CCCCCc1cc(Oc2ccc(C(F)(F)F)c(CCCCC)c2)ccc1C(F)(F)F. The van der Waals surface area contributed by atoms with E-state index in [1.807, 2.05) is 13.8 Å². The van der Waals surface area contributed by atoms with Gasteiger partial charge in [0.1, 0.15) is 11.5 Å². The summed E-state index contributed by atoms with van der Waals surface area (Å²) in [5, 5.41) is 0. The number of benzene rings is 2. The maximum atomic E-state index is 13.3. The van der Waals surface area contributed by atoms with Crippen molar-refractivity contribution in [2.75, 3.05) is 0 Å². The summed E-state index contributed by atoms with van der Waals surface area (Å²) in [6.07, 6.45) is -3.82. The highest BCUT2D eigenvalue weighted by molar-refractivity contribution is 5.43. The largest absolute Gasteiger partial charge is 0.457 e. The van der Waals surface area contributed by atoms with Gasteiger partial charge in [-0.2, -0.15) is 26.3 Å². The first-order valence-corrected chi connectivity index (χ1v) is 10.6. The van der Waals surface area contributed by atoms with E-state index in [1.165, 1.54) is 24.3 Å². The highest BCUT2D eigenvalue weighted by atomic mass is 19.4. The second-order valence-corrected chi connectivity index (χ2v) is 7.65. The molecule has 7 heteroatoms. The molecule has 0 N–H and O–H groups in total. The van der Waals surface area contributed by atoms with Gasteiger partial charge in [-0.3, -0.25) is 0 Å². The van der Waals surface area contributed by atoms with Crippen LogP contribution in [0, 0.1) is 0 Å². The summed E-state index contributed by atoms with van der Waals surface area (Å²) in [5.74, 6) is 0.359. The first kappa shape index (κ1) is 25.1. The molecule has 0 saturated carbocycles. The molecule has 2 rings (SSSR count). The van der Waals surface area contributed by atoms with E-state index in [0.29, 0.717) is 12.8 Å². The molecule has 0 aromatic heterocycles. The maximum Gasteiger partial charge on any atom is 0.416 e. The third-order valence-electron chi connectivity index (χ3n) is 5.10. The highest BCUT2D eigenvalue weighted by Gasteiger charge is 2.34. The summed E-state index contributed by atoms with van der Waals surface area (Å²) in [6.45, 7) is 3.93. The number of rotatable bonds is 10. The molecule has 31 heavy (non-hydrogen) atoms. The summed E-state index contributed by atoms with van der Waals surface area (Å²) in [6, 6.07) is 7.05. The van der Waals surface area contributed by atoms with Crippen LogP contribution in [0.5, 0.6) is 11.5 Å². The van der Waals surface area contributed by atoms with Gasteiger partial charge in [-0.15, -0.1) is 0 Å². The van der Waals surface area contributed by atoms with Gasteiger partial charge in [0.15, 0.2) is 0 Å². The van der Waals surface area contributed by atoms with Crippen molar-refractivity contribution < 1.29 is 31.1 Å². The fourth-order valence-electron chi connectivity index (χ4n) is 3.50. The average molecular weight is 446 g/mol. The van der Waals surface area contributed by atoms with Gasteiger partial charge in [-0.05, 0) is 73.2 Å². The van der Waals surface area contributed by atoms with E-state index in [2.05, 4.69) is 0 Å². The molecule has 0 atom stereocenters. The molecule has 0 radical (unpaired) electrons. The van der Waals surface area contributed by atoms with Crippen LogP contribution >= 0.6 is 0 Å². The van der Waals surface area contributed by atoms with E-state index in [9.17, 15) is 26.3 Å². The Labute approximate surface area is 179 Å². The summed E-state index contributed by atoms with van der Waals surface area (Å²) in [4.78, 5) is 0. The van der Waals surface area contributed by atoms with Gasteiger partial charge in [-0.1, -0.05) is 39.5 Å². The van der Waals surface area contributed by atoms with Crippen LogP contribution in [0.3, 0.4) is 0 Å². The Morgan fingerprint density at radius 3 is 1.32 bits per heavy atom. The summed E-state index contributed by atoms with van der Waals surface area (Å²) in [5.41, 5.74) is -1.14. The van der Waals surface area contributed by atoms with Crippen molar-refractivity contribution in [2.24, 2.45) is 0 Å². The van der Waals surface area contributed by atoms with E-state index in [-0.39, 0.29) is 35.5 Å². The van der Waals surface area contributed by atoms with Crippen LogP contribution in [0.1, 0.15) is 74.6 Å². The highest BCUT2D eigenvalue weighted by Crippen LogP contribution is 2.38. The Hall–Kier alpha value is -2.18. The molecule has 1 nitrogen and oxygen atoms in total. The molecular formula is C24H28F6O. The molecule has 0 bridgehead atoms. The molecule has 0 aliphatic heterocycles. The average Bonchev–Trinajstić information content (AvgIpc) is 2.67. The Balaban J connectivity index is 2.31. The third-order valence-corrected chi connectivity index (χ3v) is 5.10. The van der Waals surface area contributed by atoms with E-state index in [1.54, 1.807) is 0 Å². The smallest absolute Gasteiger partial charge is 0.416 e. The topological polar surface area (TPSA) is 9.23 Å². The first-order valence-electron chi connectivity index (χ1n) is 10.6. The monoisotopic (exact) mass is 446 g/mol. The molecule has 0 unspecified atom stereocenters. The quantitative estimate of drug-likeness (QED) is 0.261. The molecular weight excluding hydrogens is 418 g/mol. The Kier molecular flexibility index (Phi) is 8.83. The van der Waals surface area contributed by atoms with Crippen LogP contribution in [0.4, 0.5) is 26.3 Å². The Bertz CT molecular complexity index is 769. The summed E-state index contributed by atoms with van der Waals surface area (Å²) < 4.78 is 85.6. The molecule has 0 amide bonds.